The number of aryl methyl sites for hydroxylation is 1. The Kier molecular flexibility index (Phi) is 3.33. The number of aromatic nitrogens is 2. The van der Waals surface area contributed by atoms with Gasteiger partial charge in [0.2, 0.25) is 5.91 Å². The molecule has 13 heavy (non-hydrogen) atoms. The molecule has 1 N–H and O–H groups in total. The molecule has 5 nitrogen and oxygen atoms in total. The van der Waals surface area contributed by atoms with E-state index in [1.165, 1.54) is 6.92 Å². The molecule has 0 aliphatic rings. The third-order valence-electron chi connectivity index (χ3n) is 1.29. The second-order valence-electron chi connectivity index (χ2n) is 2.59. The Morgan fingerprint density at radius 1 is 1.54 bits per heavy atom. The predicted octanol–water partition coefficient (Wildman–Crippen LogP) is 0.353. The van der Waals surface area contributed by atoms with Crippen LogP contribution in [0.2, 0.25) is 0 Å². The summed E-state index contributed by atoms with van der Waals surface area (Å²) in [6, 6.07) is 0. The van der Waals surface area contributed by atoms with Gasteiger partial charge in [-0.05, 0) is 6.92 Å². The summed E-state index contributed by atoms with van der Waals surface area (Å²) in [5, 5.41) is 0. The molecule has 0 atom stereocenters. The molecule has 0 bridgehead atoms. The van der Waals surface area contributed by atoms with E-state index in [-0.39, 0.29) is 12.5 Å². The maximum Gasteiger partial charge on any atom is 0.240 e. The molecule has 0 unspecified atom stereocenters. The van der Waals surface area contributed by atoms with Crippen molar-refractivity contribution in [2.45, 2.75) is 20.5 Å². The molecule has 0 spiro atoms. The van der Waals surface area contributed by atoms with Crippen molar-refractivity contribution in [1.82, 2.24) is 15.4 Å². The lowest BCUT2D eigenvalue weighted by molar-refractivity contribution is -0.132. The zero-order valence-corrected chi connectivity index (χ0v) is 7.57. The first-order valence-electron chi connectivity index (χ1n) is 3.84. The van der Waals surface area contributed by atoms with Gasteiger partial charge in [-0.25, -0.2) is 15.4 Å². The molecular weight excluding hydrogens is 170 g/mol. The van der Waals surface area contributed by atoms with Gasteiger partial charge in [0.1, 0.15) is 12.4 Å². The number of hydroxylamine groups is 1. The molecule has 1 aromatic heterocycles. The number of nitrogens with zero attached hydrogens (tertiary/aromatic N) is 2. The molecule has 1 heterocycles. The number of rotatable bonds is 3. The van der Waals surface area contributed by atoms with Crippen LogP contribution in [0.25, 0.3) is 0 Å². The summed E-state index contributed by atoms with van der Waals surface area (Å²) >= 11 is 0. The molecule has 0 aliphatic heterocycles. The van der Waals surface area contributed by atoms with Crippen LogP contribution in [-0.2, 0) is 16.2 Å². The van der Waals surface area contributed by atoms with Crippen molar-refractivity contribution in [3.63, 3.8) is 0 Å². The van der Waals surface area contributed by atoms with Gasteiger partial charge in [-0.1, -0.05) is 0 Å². The summed E-state index contributed by atoms with van der Waals surface area (Å²) in [6.07, 6.45) is 3.31. The Morgan fingerprint density at radius 2 is 2.15 bits per heavy atom. The Hall–Kier alpha value is -1.49. The lowest BCUT2D eigenvalue weighted by atomic mass is 10.4. The first-order valence-corrected chi connectivity index (χ1v) is 3.84. The Morgan fingerprint density at radius 3 is 2.69 bits per heavy atom. The van der Waals surface area contributed by atoms with Gasteiger partial charge < -0.3 is 0 Å². The summed E-state index contributed by atoms with van der Waals surface area (Å²) in [4.78, 5) is 23.2. The van der Waals surface area contributed by atoms with Crippen molar-refractivity contribution < 1.29 is 9.63 Å². The number of amides is 1. The normalized spacial score (nSPS) is 9.69. The molecule has 5 heteroatoms. The number of carbonyl (C=O) groups is 1. The molecule has 70 valence electrons. The lowest BCUT2D eigenvalue weighted by Crippen LogP contribution is -2.19. The molecule has 0 saturated carbocycles. The highest BCUT2D eigenvalue weighted by Gasteiger charge is 1.95. The Labute approximate surface area is 76.1 Å². The van der Waals surface area contributed by atoms with Gasteiger partial charge in [0.05, 0.1) is 0 Å². The fourth-order valence-electron chi connectivity index (χ4n) is 0.715. The maximum absolute atomic E-state index is 10.4. The highest BCUT2D eigenvalue weighted by atomic mass is 16.6. The average Bonchev–Trinajstić information content (AvgIpc) is 2.08. The smallest absolute Gasteiger partial charge is 0.240 e. The van der Waals surface area contributed by atoms with E-state index in [0.717, 1.165) is 5.56 Å². The highest BCUT2D eigenvalue weighted by Crippen LogP contribution is 1.96. The molecule has 0 fully saturated rings. The van der Waals surface area contributed by atoms with Crippen LogP contribution in [0.1, 0.15) is 18.3 Å². The van der Waals surface area contributed by atoms with Crippen LogP contribution in [0.15, 0.2) is 12.4 Å². The van der Waals surface area contributed by atoms with Crippen molar-refractivity contribution >= 4 is 5.91 Å². The minimum absolute atomic E-state index is 0.229. The summed E-state index contributed by atoms with van der Waals surface area (Å²) in [7, 11) is 0. The second kappa shape index (κ2) is 4.51. The summed E-state index contributed by atoms with van der Waals surface area (Å²) < 4.78 is 0. The monoisotopic (exact) mass is 181 g/mol. The SMILES string of the molecule is CC(=O)NOCc1cnc(C)nc1. The van der Waals surface area contributed by atoms with Crippen molar-refractivity contribution in [3.8, 4) is 0 Å². The van der Waals surface area contributed by atoms with E-state index in [1.54, 1.807) is 19.3 Å². The molecule has 1 amide bonds. The van der Waals surface area contributed by atoms with Gasteiger partial charge in [0, 0.05) is 24.9 Å². The van der Waals surface area contributed by atoms with Crippen LogP contribution in [-0.4, -0.2) is 15.9 Å². The van der Waals surface area contributed by atoms with Crippen molar-refractivity contribution in [2.24, 2.45) is 0 Å². The molecule has 0 aliphatic carbocycles. The summed E-state index contributed by atoms with van der Waals surface area (Å²) in [5.74, 6) is 0.483. The van der Waals surface area contributed by atoms with E-state index >= 15 is 0 Å². The zero-order chi connectivity index (χ0) is 9.68. The van der Waals surface area contributed by atoms with Crippen LogP contribution in [0.3, 0.4) is 0 Å². The lowest BCUT2D eigenvalue weighted by Gasteiger charge is -2.02. The first-order chi connectivity index (χ1) is 6.18. The van der Waals surface area contributed by atoms with E-state index in [9.17, 15) is 4.79 Å². The standard InChI is InChI=1S/C8H11N3O2/c1-6-9-3-8(4-10-6)5-13-11-7(2)12/h3-4H,5H2,1-2H3,(H,11,12). The van der Waals surface area contributed by atoms with Gasteiger partial charge in [-0.2, -0.15) is 0 Å². The van der Waals surface area contributed by atoms with E-state index < -0.39 is 0 Å². The third-order valence-corrected chi connectivity index (χ3v) is 1.29. The van der Waals surface area contributed by atoms with Crippen molar-refractivity contribution in [1.29, 1.82) is 0 Å². The van der Waals surface area contributed by atoms with Gasteiger partial charge in [-0.15, -0.1) is 0 Å². The molecule has 0 radical (unpaired) electrons. The van der Waals surface area contributed by atoms with Crippen LogP contribution in [0.4, 0.5) is 0 Å². The largest absolute Gasteiger partial charge is 0.273 e. The third kappa shape index (κ3) is 3.62. The fraction of sp³-hybridized carbons (Fsp3) is 0.375. The Balaban J connectivity index is 2.37. The average molecular weight is 181 g/mol. The molecule has 0 saturated heterocycles. The van der Waals surface area contributed by atoms with Crippen LogP contribution in [0, 0.1) is 6.92 Å². The molecule has 0 aromatic carbocycles. The van der Waals surface area contributed by atoms with Crippen LogP contribution in [0.5, 0.6) is 0 Å². The second-order valence-corrected chi connectivity index (χ2v) is 2.59. The van der Waals surface area contributed by atoms with Crippen LogP contribution < -0.4 is 5.48 Å². The Bertz CT molecular complexity index is 284. The van der Waals surface area contributed by atoms with E-state index in [0.29, 0.717) is 5.82 Å². The predicted molar refractivity (Wildman–Crippen MR) is 45.4 cm³/mol. The zero-order valence-electron chi connectivity index (χ0n) is 7.57. The van der Waals surface area contributed by atoms with Gasteiger partial charge in [0.15, 0.2) is 0 Å². The number of hydrogen-bond donors (Lipinski definition) is 1. The minimum Gasteiger partial charge on any atom is -0.273 e. The first kappa shape index (κ1) is 9.60. The minimum atomic E-state index is -0.229. The highest BCUT2D eigenvalue weighted by molar-refractivity contribution is 5.71. The van der Waals surface area contributed by atoms with Crippen LogP contribution >= 0.6 is 0 Å². The molecular formula is C8H11N3O2. The molecule has 1 aromatic rings. The van der Waals surface area contributed by atoms with Gasteiger partial charge in [0.25, 0.3) is 0 Å². The number of nitrogens with one attached hydrogen (secondary N) is 1. The van der Waals surface area contributed by atoms with E-state index in [4.69, 9.17) is 4.84 Å². The van der Waals surface area contributed by atoms with Crippen molar-refractivity contribution in [3.05, 3.63) is 23.8 Å². The van der Waals surface area contributed by atoms with Gasteiger partial charge >= 0.3 is 0 Å². The fourth-order valence-corrected chi connectivity index (χ4v) is 0.715. The number of carbonyl (C=O) groups excluding carboxylic acids is 1. The van der Waals surface area contributed by atoms with Crippen molar-refractivity contribution in [2.75, 3.05) is 0 Å². The van der Waals surface area contributed by atoms with Gasteiger partial charge in [-0.3, -0.25) is 9.63 Å². The number of hydrogen-bond acceptors (Lipinski definition) is 4. The maximum atomic E-state index is 10.4. The topological polar surface area (TPSA) is 64.1 Å². The summed E-state index contributed by atoms with van der Waals surface area (Å²) in [6.45, 7) is 3.46. The quantitative estimate of drug-likeness (QED) is 0.683. The van der Waals surface area contributed by atoms with E-state index in [1.807, 2.05) is 0 Å². The van der Waals surface area contributed by atoms with E-state index in [2.05, 4.69) is 15.4 Å². The summed E-state index contributed by atoms with van der Waals surface area (Å²) in [5.41, 5.74) is 3.03. The molecule has 1 rings (SSSR count).